The number of ether oxygens (including phenoxy) is 2. The smallest absolute Gasteiger partial charge is 0.338 e. The van der Waals surface area contributed by atoms with E-state index in [-0.39, 0.29) is 29.9 Å². The number of carbonyl (C=O) groups is 2. The summed E-state index contributed by atoms with van der Waals surface area (Å²) in [5, 5.41) is 0.530. The normalized spacial score (nSPS) is 21.5. The number of hydrogen-bond acceptors (Lipinski definition) is 4. The monoisotopic (exact) mass is 486 g/mol. The van der Waals surface area contributed by atoms with Crippen LogP contribution in [-0.4, -0.2) is 24.0 Å². The topological polar surface area (TPSA) is 52.6 Å². The van der Waals surface area contributed by atoms with E-state index in [1.165, 1.54) is 11.8 Å². The van der Waals surface area contributed by atoms with Gasteiger partial charge in [-0.15, -0.1) is 0 Å². The number of hydrogen-bond donors (Lipinski definition) is 0. The maximum absolute atomic E-state index is 13.2. The molecule has 3 aromatic rings. The third-order valence-electron chi connectivity index (χ3n) is 6.91. The molecule has 0 amide bonds. The van der Waals surface area contributed by atoms with Crippen molar-refractivity contribution < 1.29 is 19.1 Å². The summed E-state index contributed by atoms with van der Waals surface area (Å²) in [7, 11) is 0. The average molecular weight is 487 g/mol. The molecule has 0 aromatic heterocycles. The summed E-state index contributed by atoms with van der Waals surface area (Å²) in [5.41, 5.74) is 4.02. The number of fused-ring (bicyclic) bond motifs is 1. The minimum absolute atomic E-state index is 0.0467. The Hall–Kier alpha value is -3.37. The Balaban J connectivity index is 1.24. The van der Waals surface area contributed by atoms with Crippen LogP contribution in [0.5, 0.6) is 0 Å². The molecule has 1 aliphatic carbocycles. The van der Waals surface area contributed by atoms with E-state index >= 15 is 0 Å². The van der Waals surface area contributed by atoms with Crippen molar-refractivity contribution in [1.82, 2.24) is 0 Å². The van der Waals surface area contributed by atoms with Gasteiger partial charge in [0.15, 0.2) is 5.78 Å². The van der Waals surface area contributed by atoms with Gasteiger partial charge in [-0.25, -0.2) is 4.79 Å². The van der Waals surface area contributed by atoms with Crippen LogP contribution >= 0.6 is 11.6 Å². The second-order valence-corrected chi connectivity index (χ2v) is 9.55. The quantitative estimate of drug-likeness (QED) is 0.375. The zero-order valence-electron chi connectivity index (χ0n) is 19.4. The molecule has 3 unspecified atom stereocenters. The highest BCUT2D eigenvalue weighted by atomic mass is 35.5. The molecule has 3 aromatic carbocycles. The fourth-order valence-electron chi connectivity index (χ4n) is 5.02. The van der Waals surface area contributed by atoms with Gasteiger partial charge in [0.25, 0.3) is 0 Å². The zero-order chi connectivity index (χ0) is 24.2. The standard InChI is InChI=1S/C30H27ClO4/c31-27-13-7-6-12-24(27)26-19-34-28-18-22(16-17-25(28)29(26)32)35-30(33)23-11-5-4-10-21(23)15-14-20-8-2-1-3-9-20/h1-13,19,22,25,28H,14-18H2. The summed E-state index contributed by atoms with van der Waals surface area (Å²) >= 11 is 6.30. The molecule has 4 nitrogen and oxygen atoms in total. The van der Waals surface area contributed by atoms with E-state index in [4.69, 9.17) is 21.1 Å². The molecular formula is C30H27ClO4. The Morgan fingerprint density at radius 3 is 2.49 bits per heavy atom. The summed E-state index contributed by atoms with van der Waals surface area (Å²) in [6.07, 6.45) is 4.30. The van der Waals surface area contributed by atoms with Crippen molar-refractivity contribution in [3.05, 3.63) is 112 Å². The first kappa shape index (κ1) is 23.4. The van der Waals surface area contributed by atoms with Gasteiger partial charge in [0.1, 0.15) is 12.2 Å². The van der Waals surface area contributed by atoms with Crippen LogP contribution in [0.25, 0.3) is 5.57 Å². The molecule has 0 spiro atoms. The SMILES string of the molecule is O=C(OC1CCC2C(=O)C(c3ccccc3Cl)=COC2C1)c1ccccc1CCc1ccccc1. The maximum Gasteiger partial charge on any atom is 0.338 e. The Kier molecular flexibility index (Phi) is 7.01. The fourth-order valence-corrected chi connectivity index (χ4v) is 5.25. The molecule has 1 aliphatic heterocycles. The van der Waals surface area contributed by atoms with E-state index in [2.05, 4.69) is 12.1 Å². The van der Waals surface area contributed by atoms with Crippen molar-refractivity contribution in [3.63, 3.8) is 0 Å². The Bertz CT molecular complexity index is 1250. The Labute approximate surface area is 210 Å². The van der Waals surface area contributed by atoms with Gasteiger partial charge in [-0.2, -0.15) is 0 Å². The van der Waals surface area contributed by atoms with Crippen LogP contribution in [-0.2, 0) is 27.1 Å². The van der Waals surface area contributed by atoms with Crippen molar-refractivity contribution in [2.45, 2.75) is 44.3 Å². The van der Waals surface area contributed by atoms with Crippen molar-refractivity contribution in [2.75, 3.05) is 0 Å². The van der Waals surface area contributed by atoms with Crippen LogP contribution in [0.3, 0.4) is 0 Å². The third-order valence-corrected chi connectivity index (χ3v) is 7.24. The van der Waals surface area contributed by atoms with Gasteiger partial charge in [0.2, 0.25) is 0 Å². The van der Waals surface area contributed by atoms with E-state index in [0.717, 1.165) is 18.4 Å². The van der Waals surface area contributed by atoms with E-state index in [1.807, 2.05) is 60.7 Å². The molecule has 0 saturated heterocycles. The number of rotatable bonds is 6. The molecular weight excluding hydrogens is 460 g/mol. The number of allylic oxidation sites excluding steroid dienone is 1. The predicted molar refractivity (Wildman–Crippen MR) is 136 cm³/mol. The van der Waals surface area contributed by atoms with Gasteiger partial charge in [-0.3, -0.25) is 4.79 Å². The molecule has 0 N–H and O–H groups in total. The lowest BCUT2D eigenvalue weighted by atomic mass is 9.78. The zero-order valence-corrected chi connectivity index (χ0v) is 20.1. The molecule has 5 heteroatoms. The lowest BCUT2D eigenvalue weighted by Gasteiger charge is -2.37. The van der Waals surface area contributed by atoms with Crippen LogP contribution in [0.15, 0.2) is 85.1 Å². The number of carbonyl (C=O) groups excluding carboxylic acids is 2. The summed E-state index contributed by atoms with van der Waals surface area (Å²) in [4.78, 5) is 26.3. The van der Waals surface area contributed by atoms with Crippen LogP contribution in [0.1, 0.15) is 46.3 Å². The van der Waals surface area contributed by atoms with Gasteiger partial charge in [0, 0.05) is 17.0 Å². The van der Waals surface area contributed by atoms with Crippen LogP contribution < -0.4 is 0 Å². The van der Waals surface area contributed by atoms with Crippen LogP contribution in [0.4, 0.5) is 0 Å². The minimum atomic E-state index is -0.313. The largest absolute Gasteiger partial charge is 0.496 e. The number of Topliss-reactive ketones (excluding diaryl/α,β-unsaturated/α-hetero) is 1. The summed E-state index contributed by atoms with van der Waals surface area (Å²) in [6, 6.07) is 25.2. The lowest BCUT2D eigenvalue weighted by Crippen LogP contribution is -2.42. The second-order valence-electron chi connectivity index (χ2n) is 9.14. The highest BCUT2D eigenvalue weighted by Gasteiger charge is 2.41. The van der Waals surface area contributed by atoms with Crippen molar-refractivity contribution >= 4 is 28.9 Å². The highest BCUT2D eigenvalue weighted by molar-refractivity contribution is 6.35. The number of aryl methyl sites for hydroxylation is 2. The van der Waals surface area contributed by atoms with Crippen molar-refractivity contribution in [3.8, 4) is 0 Å². The van der Waals surface area contributed by atoms with E-state index in [9.17, 15) is 9.59 Å². The van der Waals surface area contributed by atoms with E-state index in [1.54, 1.807) is 6.07 Å². The first-order valence-corrected chi connectivity index (χ1v) is 12.5. The Morgan fingerprint density at radius 2 is 1.66 bits per heavy atom. The van der Waals surface area contributed by atoms with Crippen LogP contribution in [0.2, 0.25) is 5.02 Å². The highest BCUT2D eigenvalue weighted by Crippen LogP contribution is 2.38. The first-order chi connectivity index (χ1) is 17.1. The summed E-state index contributed by atoms with van der Waals surface area (Å²) in [5.74, 6) is -0.517. The molecule has 1 fully saturated rings. The number of esters is 1. The van der Waals surface area contributed by atoms with Gasteiger partial charge >= 0.3 is 5.97 Å². The van der Waals surface area contributed by atoms with E-state index in [0.29, 0.717) is 41.0 Å². The van der Waals surface area contributed by atoms with Crippen LogP contribution in [0, 0.1) is 5.92 Å². The number of ketones is 1. The molecule has 3 atom stereocenters. The van der Waals surface area contributed by atoms with Gasteiger partial charge < -0.3 is 9.47 Å². The van der Waals surface area contributed by atoms with Crippen molar-refractivity contribution in [1.29, 1.82) is 0 Å². The molecule has 2 aliphatic rings. The van der Waals surface area contributed by atoms with Gasteiger partial charge in [-0.05, 0) is 48.9 Å². The van der Waals surface area contributed by atoms with E-state index < -0.39 is 0 Å². The molecule has 1 saturated carbocycles. The third kappa shape index (κ3) is 5.18. The molecule has 35 heavy (non-hydrogen) atoms. The predicted octanol–water partition coefficient (Wildman–Crippen LogP) is 6.46. The number of halogens is 1. The molecule has 0 radical (unpaired) electrons. The van der Waals surface area contributed by atoms with Gasteiger partial charge in [0.05, 0.1) is 23.3 Å². The lowest BCUT2D eigenvalue weighted by molar-refractivity contribution is -0.126. The second kappa shape index (κ2) is 10.5. The Morgan fingerprint density at radius 1 is 0.914 bits per heavy atom. The molecule has 5 rings (SSSR count). The fraction of sp³-hybridized carbons (Fsp3) is 0.267. The summed E-state index contributed by atoms with van der Waals surface area (Å²) < 4.78 is 11.9. The van der Waals surface area contributed by atoms with Crippen molar-refractivity contribution in [2.24, 2.45) is 5.92 Å². The first-order valence-electron chi connectivity index (χ1n) is 12.1. The molecule has 0 bridgehead atoms. The summed E-state index contributed by atoms with van der Waals surface area (Å²) in [6.45, 7) is 0. The average Bonchev–Trinajstić information content (AvgIpc) is 2.89. The minimum Gasteiger partial charge on any atom is -0.496 e. The van der Waals surface area contributed by atoms with Gasteiger partial charge in [-0.1, -0.05) is 78.3 Å². The molecule has 178 valence electrons. The number of benzene rings is 3. The molecule has 1 heterocycles. The maximum atomic E-state index is 13.2.